The van der Waals surface area contributed by atoms with E-state index in [1.807, 2.05) is 0 Å². The molecule has 1 fully saturated rings. The highest BCUT2D eigenvalue weighted by Gasteiger charge is 2.79. The van der Waals surface area contributed by atoms with Gasteiger partial charge < -0.3 is 0 Å². The maximum atomic E-state index is 2.67. The average Bonchev–Trinajstić information content (AvgIpc) is 2.62. The summed E-state index contributed by atoms with van der Waals surface area (Å²) in [6.07, 6.45) is 0. The maximum absolute atomic E-state index is 2.67. The molecule has 0 spiro atoms. The third-order valence-electron chi connectivity index (χ3n) is 16.2. The Bertz CT molecular complexity index is 723. The van der Waals surface area contributed by atoms with E-state index in [0.717, 1.165) is 0 Å². The van der Waals surface area contributed by atoms with Crippen LogP contribution in [0, 0.1) is 54.1 Å². The van der Waals surface area contributed by atoms with Gasteiger partial charge in [-0.3, -0.25) is 0 Å². The third-order valence-corrected chi connectivity index (χ3v) is 16.2. The van der Waals surface area contributed by atoms with Gasteiger partial charge in [-0.2, -0.15) is 0 Å². The van der Waals surface area contributed by atoms with Crippen LogP contribution >= 0.6 is 0 Å². The molecule has 0 heteroatoms. The summed E-state index contributed by atoms with van der Waals surface area (Å²) >= 11 is 0. The molecule has 0 saturated heterocycles. The van der Waals surface area contributed by atoms with Crippen molar-refractivity contribution in [1.29, 1.82) is 0 Å². The minimum Gasteiger partial charge on any atom is -0.0676 e. The highest BCUT2D eigenvalue weighted by molar-refractivity contribution is 5.37. The Balaban J connectivity index is 3.53. The van der Waals surface area contributed by atoms with Crippen LogP contribution in [0.15, 0.2) is 11.1 Å². The first kappa shape index (κ1) is 28.0. The van der Waals surface area contributed by atoms with Crippen molar-refractivity contribution in [3.05, 3.63) is 11.1 Å². The number of hydrogen-bond acceptors (Lipinski definition) is 0. The molecular weight excluding hydrogens is 384 g/mol. The fourth-order valence-corrected chi connectivity index (χ4v) is 10.4. The van der Waals surface area contributed by atoms with Crippen molar-refractivity contribution in [2.75, 3.05) is 0 Å². The lowest BCUT2D eigenvalue weighted by Gasteiger charge is -2.80. The average molecular weight is 445 g/mol. The van der Waals surface area contributed by atoms with Crippen molar-refractivity contribution < 1.29 is 0 Å². The molecule has 0 aromatic carbocycles. The van der Waals surface area contributed by atoms with Gasteiger partial charge >= 0.3 is 0 Å². The van der Waals surface area contributed by atoms with Crippen LogP contribution in [-0.4, -0.2) is 0 Å². The quantitative estimate of drug-likeness (QED) is 0.326. The molecule has 3 aliphatic rings. The predicted octanol–water partition coefficient (Wildman–Crippen LogP) is 10.6. The van der Waals surface area contributed by atoms with Gasteiger partial charge in [-0.05, 0) is 68.0 Å². The number of rotatable bonds is 0. The molecule has 2 bridgehead atoms. The van der Waals surface area contributed by atoms with E-state index < -0.39 is 0 Å². The second-order valence-corrected chi connectivity index (χ2v) is 16.5. The van der Waals surface area contributed by atoms with Crippen LogP contribution in [0.2, 0.25) is 0 Å². The minimum atomic E-state index is 0.0393. The molecule has 0 heterocycles. The van der Waals surface area contributed by atoms with Crippen molar-refractivity contribution in [2.45, 2.75) is 138 Å². The zero-order chi connectivity index (χ0) is 26.2. The largest absolute Gasteiger partial charge is 0.0676 e. The van der Waals surface area contributed by atoms with Gasteiger partial charge in [-0.25, -0.2) is 0 Å². The van der Waals surface area contributed by atoms with E-state index in [0.29, 0.717) is 0 Å². The standard InChI is InChI=1S/C32H60/c1-21-22(2)24(5,6)32(20)29(15,16)25(7,8)27(11,12)31(19,23(21,3)4)28(13,14)26(9,10)30(32,17)18/h1-20H3. The van der Waals surface area contributed by atoms with Crippen molar-refractivity contribution in [3.8, 4) is 0 Å². The van der Waals surface area contributed by atoms with Gasteiger partial charge in [-0.1, -0.05) is 136 Å². The Kier molecular flexibility index (Phi) is 5.50. The second-order valence-electron chi connectivity index (χ2n) is 16.5. The molecule has 0 amide bonds. The molecule has 0 aliphatic heterocycles. The fraction of sp³-hybridized carbons (Fsp3) is 0.938. The molecule has 32 heavy (non-hydrogen) atoms. The van der Waals surface area contributed by atoms with Crippen LogP contribution in [0.3, 0.4) is 0 Å². The maximum Gasteiger partial charge on any atom is -0.00803 e. The Labute approximate surface area is 203 Å². The molecule has 1 saturated carbocycles. The van der Waals surface area contributed by atoms with E-state index in [9.17, 15) is 0 Å². The first-order valence-electron chi connectivity index (χ1n) is 13.2. The SMILES string of the molecule is CC1=C(C)C(C)(C)C2(C)C(C)(C)C(C)(C)C(C)(C)C(C)(C1(C)C)C(C)(C)C(C)(C)C2(C)C. The summed E-state index contributed by atoms with van der Waals surface area (Å²) in [5.74, 6) is 0. The lowest BCUT2D eigenvalue weighted by atomic mass is 9.24. The van der Waals surface area contributed by atoms with Crippen LogP contribution in [0.1, 0.15) is 138 Å². The van der Waals surface area contributed by atoms with Gasteiger partial charge in [0.1, 0.15) is 0 Å². The van der Waals surface area contributed by atoms with Gasteiger partial charge in [0.15, 0.2) is 0 Å². The van der Waals surface area contributed by atoms with E-state index in [1.54, 1.807) is 11.1 Å². The topological polar surface area (TPSA) is 0 Å². The van der Waals surface area contributed by atoms with E-state index >= 15 is 0 Å². The smallest absolute Gasteiger partial charge is 0.00803 e. The predicted molar refractivity (Wildman–Crippen MR) is 145 cm³/mol. The van der Waals surface area contributed by atoms with Crippen molar-refractivity contribution >= 4 is 0 Å². The summed E-state index contributed by atoms with van der Waals surface area (Å²) in [4.78, 5) is 0. The minimum absolute atomic E-state index is 0.0393. The van der Waals surface area contributed by atoms with Crippen LogP contribution in [0.5, 0.6) is 0 Å². The summed E-state index contributed by atoms with van der Waals surface area (Å²) in [7, 11) is 0. The number of allylic oxidation sites excluding steroid dienone is 2. The third kappa shape index (κ3) is 2.20. The van der Waals surface area contributed by atoms with Crippen LogP contribution in [-0.2, 0) is 0 Å². The zero-order valence-corrected chi connectivity index (χ0v) is 26.0. The molecule has 0 aromatic rings. The Morgan fingerprint density at radius 2 is 0.438 bits per heavy atom. The van der Waals surface area contributed by atoms with Crippen LogP contribution < -0.4 is 0 Å². The number of fused-ring (bicyclic) bond motifs is 6. The Hall–Kier alpha value is -0.260. The molecular formula is C32H60. The van der Waals surface area contributed by atoms with Crippen LogP contribution in [0.25, 0.3) is 0 Å². The fourth-order valence-electron chi connectivity index (χ4n) is 10.4. The van der Waals surface area contributed by atoms with Gasteiger partial charge in [0, 0.05) is 0 Å². The van der Waals surface area contributed by atoms with Gasteiger partial charge in [-0.15, -0.1) is 0 Å². The molecule has 0 aromatic heterocycles. The normalized spacial score (nSPS) is 40.1. The van der Waals surface area contributed by atoms with Crippen LogP contribution in [0.4, 0.5) is 0 Å². The molecule has 0 radical (unpaired) electrons. The van der Waals surface area contributed by atoms with Crippen molar-refractivity contribution in [2.24, 2.45) is 54.1 Å². The Morgan fingerprint density at radius 3 is 0.594 bits per heavy atom. The van der Waals surface area contributed by atoms with E-state index in [-0.39, 0.29) is 54.1 Å². The van der Waals surface area contributed by atoms with Crippen molar-refractivity contribution in [1.82, 2.24) is 0 Å². The van der Waals surface area contributed by atoms with E-state index in [2.05, 4.69) is 138 Å². The monoisotopic (exact) mass is 444 g/mol. The Morgan fingerprint density at radius 1 is 0.281 bits per heavy atom. The number of hydrogen-bond donors (Lipinski definition) is 0. The lowest BCUT2D eigenvalue weighted by molar-refractivity contribution is -0.325. The molecule has 3 rings (SSSR count). The zero-order valence-electron chi connectivity index (χ0n) is 26.0. The highest BCUT2D eigenvalue weighted by Crippen LogP contribution is 2.85. The van der Waals surface area contributed by atoms with Gasteiger partial charge in [0.05, 0.1) is 0 Å². The highest BCUT2D eigenvalue weighted by atomic mass is 14.8. The molecule has 0 atom stereocenters. The summed E-state index contributed by atoms with van der Waals surface area (Å²) in [6, 6.07) is 0. The first-order valence-corrected chi connectivity index (χ1v) is 13.2. The molecule has 188 valence electrons. The van der Waals surface area contributed by atoms with E-state index in [1.165, 1.54) is 0 Å². The van der Waals surface area contributed by atoms with Gasteiger partial charge in [0.2, 0.25) is 0 Å². The molecule has 0 nitrogen and oxygen atoms in total. The lowest BCUT2D eigenvalue weighted by Crippen LogP contribution is -2.75. The summed E-state index contributed by atoms with van der Waals surface area (Å²) in [6.45, 7) is 52.0. The summed E-state index contributed by atoms with van der Waals surface area (Å²) in [5, 5.41) is 0. The summed E-state index contributed by atoms with van der Waals surface area (Å²) < 4.78 is 0. The second kappa shape index (κ2) is 6.29. The first-order chi connectivity index (χ1) is 13.6. The van der Waals surface area contributed by atoms with E-state index in [4.69, 9.17) is 0 Å². The summed E-state index contributed by atoms with van der Waals surface area (Å²) in [5.41, 5.74) is 3.88. The van der Waals surface area contributed by atoms with Gasteiger partial charge in [0.25, 0.3) is 0 Å². The molecule has 0 unspecified atom stereocenters. The van der Waals surface area contributed by atoms with Crippen molar-refractivity contribution in [3.63, 3.8) is 0 Å². The molecule has 3 aliphatic carbocycles. The molecule has 0 N–H and O–H groups in total.